The maximum atomic E-state index is 5.95. The van der Waals surface area contributed by atoms with Crippen LogP contribution in [0, 0.1) is 0 Å². The normalized spacial score (nSPS) is 17.7. The standard InChI is InChI=1S/C18H41NO5P2/c1-11-17(20-7,21-8)25-15(5)19(14(4)24-13-3)16(6)26-18(12-2,22-9)23-10/h14-16,25-26H,11-13H2,1-10H3. The summed E-state index contributed by atoms with van der Waals surface area (Å²) in [6.45, 7) is 13.4. The zero-order valence-electron chi connectivity index (χ0n) is 18.3. The van der Waals surface area contributed by atoms with E-state index in [0.29, 0.717) is 23.8 Å². The van der Waals surface area contributed by atoms with Crippen LogP contribution in [0.4, 0.5) is 0 Å². The summed E-state index contributed by atoms with van der Waals surface area (Å²) in [5, 5.41) is 0. The minimum absolute atomic E-state index is 0.0171. The smallest absolute Gasteiger partial charge is 0.184 e. The third kappa shape index (κ3) is 7.22. The van der Waals surface area contributed by atoms with Crippen molar-refractivity contribution in [2.75, 3.05) is 35.0 Å². The summed E-state index contributed by atoms with van der Waals surface area (Å²) >= 11 is 0. The van der Waals surface area contributed by atoms with Gasteiger partial charge in [-0.05, 0) is 44.9 Å². The fourth-order valence-corrected chi connectivity index (χ4v) is 6.73. The summed E-state index contributed by atoms with van der Waals surface area (Å²) in [4.78, 5) is 2.39. The van der Waals surface area contributed by atoms with Gasteiger partial charge >= 0.3 is 0 Å². The lowest BCUT2D eigenvalue weighted by atomic mass is 10.4. The molecule has 0 aliphatic rings. The van der Waals surface area contributed by atoms with Crippen molar-refractivity contribution in [1.29, 1.82) is 0 Å². The van der Waals surface area contributed by atoms with Crippen LogP contribution >= 0.6 is 17.2 Å². The molecule has 0 aliphatic carbocycles. The topological polar surface area (TPSA) is 49.4 Å². The predicted octanol–water partition coefficient (Wildman–Crippen LogP) is 4.43. The minimum atomic E-state index is -0.559. The summed E-state index contributed by atoms with van der Waals surface area (Å²) in [5.41, 5.74) is -1.12. The Balaban J connectivity index is 5.50. The predicted molar refractivity (Wildman–Crippen MR) is 113 cm³/mol. The maximum Gasteiger partial charge on any atom is 0.184 e. The lowest BCUT2D eigenvalue weighted by Gasteiger charge is -2.44. The van der Waals surface area contributed by atoms with Gasteiger partial charge in [0, 0.05) is 59.5 Å². The highest BCUT2D eigenvalue weighted by Crippen LogP contribution is 2.47. The van der Waals surface area contributed by atoms with E-state index in [2.05, 4.69) is 39.5 Å². The number of methoxy groups -OCH3 is 4. The Hall–Kier alpha value is 0.620. The molecule has 0 aromatic carbocycles. The number of ether oxygens (including phenoxy) is 5. The van der Waals surface area contributed by atoms with E-state index < -0.39 is 11.1 Å². The van der Waals surface area contributed by atoms with Crippen LogP contribution in [0.2, 0.25) is 0 Å². The van der Waals surface area contributed by atoms with Crippen molar-refractivity contribution in [3.8, 4) is 0 Å². The van der Waals surface area contributed by atoms with Crippen molar-refractivity contribution in [2.24, 2.45) is 0 Å². The molecule has 0 radical (unpaired) electrons. The van der Waals surface area contributed by atoms with E-state index in [4.69, 9.17) is 23.7 Å². The van der Waals surface area contributed by atoms with Crippen LogP contribution in [-0.2, 0) is 23.7 Å². The van der Waals surface area contributed by atoms with Gasteiger partial charge in [-0.15, -0.1) is 0 Å². The van der Waals surface area contributed by atoms with Crippen LogP contribution in [0.15, 0.2) is 0 Å². The van der Waals surface area contributed by atoms with Crippen LogP contribution < -0.4 is 0 Å². The molecular formula is C18H41NO5P2. The quantitative estimate of drug-likeness (QED) is 0.292. The SMILES string of the molecule is CCOC(C)N(C(C)PC(CC)(OC)OC)C(C)PC(CC)(OC)OC. The third-order valence-electron chi connectivity index (χ3n) is 4.83. The monoisotopic (exact) mass is 413 g/mol. The van der Waals surface area contributed by atoms with Crippen molar-refractivity contribution >= 4 is 17.2 Å². The van der Waals surface area contributed by atoms with Crippen molar-refractivity contribution < 1.29 is 23.7 Å². The van der Waals surface area contributed by atoms with Gasteiger partial charge in [-0.1, -0.05) is 13.8 Å². The second-order valence-corrected chi connectivity index (χ2v) is 9.94. The first-order valence-corrected chi connectivity index (χ1v) is 11.5. The second kappa shape index (κ2) is 13.0. The highest BCUT2D eigenvalue weighted by molar-refractivity contribution is 7.41. The van der Waals surface area contributed by atoms with Crippen LogP contribution in [0.1, 0.15) is 54.4 Å². The molecule has 0 fully saturated rings. The van der Waals surface area contributed by atoms with Crippen molar-refractivity contribution in [3.63, 3.8) is 0 Å². The van der Waals surface area contributed by atoms with Crippen molar-refractivity contribution in [2.45, 2.75) is 83.2 Å². The number of rotatable bonds is 15. The van der Waals surface area contributed by atoms with Gasteiger partial charge in [-0.25, -0.2) is 0 Å². The van der Waals surface area contributed by atoms with Gasteiger partial charge in [0.1, 0.15) is 6.23 Å². The highest BCUT2D eigenvalue weighted by Gasteiger charge is 2.38. The maximum absolute atomic E-state index is 5.95. The molecule has 0 saturated carbocycles. The van der Waals surface area contributed by atoms with Gasteiger partial charge in [0.05, 0.1) is 0 Å². The molecule has 0 rings (SSSR count). The molecule has 5 unspecified atom stereocenters. The molecule has 0 aliphatic heterocycles. The van der Waals surface area contributed by atoms with E-state index >= 15 is 0 Å². The molecule has 0 aromatic rings. The molecule has 0 aromatic heterocycles. The van der Waals surface area contributed by atoms with Gasteiger partial charge < -0.3 is 23.7 Å². The Kier molecular flexibility index (Phi) is 13.3. The molecule has 0 heterocycles. The fourth-order valence-electron chi connectivity index (χ4n) is 3.26. The van der Waals surface area contributed by atoms with E-state index in [1.165, 1.54) is 0 Å². The summed E-state index contributed by atoms with van der Waals surface area (Å²) in [6, 6.07) is 0. The van der Waals surface area contributed by atoms with Crippen LogP contribution in [0.25, 0.3) is 0 Å². The Morgan fingerprint density at radius 2 is 1.08 bits per heavy atom. The zero-order valence-corrected chi connectivity index (χ0v) is 20.3. The zero-order chi connectivity index (χ0) is 20.4. The van der Waals surface area contributed by atoms with Crippen molar-refractivity contribution in [1.82, 2.24) is 4.90 Å². The summed E-state index contributed by atoms with van der Waals surface area (Å²) in [5.74, 6) is 0.448. The first-order valence-electron chi connectivity index (χ1n) is 9.39. The number of nitrogens with zero attached hydrogens (tertiary/aromatic N) is 1. The summed E-state index contributed by atoms with van der Waals surface area (Å²) in [6.07, 6.45) is 1.58. The number of hydrogen-bond acceptors (Lipinski definition) is 6. The van der Waals surface area contributed by atoms with Gasteiger partial charge in [-0.3, -0.25) is 4.90 Å². The lowest BCUT2D eigenvalue weighted by Crippen LogP contribution is -2.47. The molecule has 5 atom stereocenters. The first kappa shape index (κ1) is 26.6. The summed E-state index contributed by atoms with van der Waals surface area (Å²) in [7, 11) is 7.76. The third-order valence-corrected chi connectivity index (χ3v) is 8.66. The van der Waals surface area contributed by atoms with E-state index in [0.717, 1.165) is 12.8 Å². The molecule has 0 bridgehead atoms. The van der Waals surface area contributed by atoms with Crippen molar-refractivity contribution in [3.05, 3.63) is 0 Å². The molecule has 0 amide bonds. The molecule has 8 heteroatoms. The molecule has 0 N–H and O–H groups in total. The lowest BCUT2D eigenvalue weighted by molar-refractivity contribution is -0.142. The molecule has 0 spiro atoms. The van der Waals surface area contributed by atoms with E-state index in [1.54, 1.807) is 28.4 Å². The first-order chi connectivity index (χ1) is 12.2. The van der Waals surface area contributed by atoms with Gasteiger partial charge in [0.2, 0.25) is 0 Å². The Labute approximate surface area is 164 Å². The highest BCUT2D eigenvalue weighted by atomic mass is 31.1. The van der Waals surface area contributed by atoms with Crippen LogP contribution in [-0.4, -0.2) is 68.8 Å². The van der Waals surface area contributed by atoms with Gasteiger partial charge in [0.25, 0.3) is 0 Å². The second-order valence-electron chi connectivity index (χ2n) is 6.17. The summed E-state index contributed by atoms with van der Waals surface area (Å²) < 4.78 is 28.8. The minimum Gasteiger partial charge on any atom is -0.364 e. The van der Waals surface area contributed by atoms with Gasteiger partial charge in [0.15, 0.2) is 11.1 Å². The van der Waals surface area contributed by atoms with E-state index in [9.17, 15) is 0 Å². The Bertz CT molecular complexity index is 323. The van der Waals surface area contributed by atoms with Gasteiger partial charge in [-0.2, -0.15) is 0 Å². The fraction of sp³-hybridized carbons (Fsp3) is 1.00. The van der Waals surface area contributed by atoms with E-state index in [-0.39, 0.29) is 17.8 Å². The molecule has 6 nitrogen and oxygen atoms in total. The van der Waals surface area contributed by atoms with Crippen LogP contribution in [0.3, 0.4) is 0 Å². The average molecular weight is 413 g/mol. The van der Waals surface area contributed by atoms with E-state index in [1.807, 2.05) is 6.92 Å². The molecular weight excluding hydrogens is 372 g/mol. The molecule has 158 valence electrons. The molecule has 0 saturated heterocycles. The average Bonchev–Trinajstić information content (AvgIpc) is 2.64. The Morgan fingerprint density at radius 3 is 1.31 bits per heavy atom. The largest absolute Gasteiger partial charge is 0.364 e. The Morgan fingerprint density at radius 1 is 0.731 bits per heavy atom. The molecule has 26 heavy (non-hydrogen) atoms. The van der Waals surface area contributed by atoms with Crippen LogP contribution in [0.5, 0.6) is 0 Å². The number of hydrogen-bond donors (Lipinski definition) is 0.